The first-order chi connectivity index (χ1) is 11.5. The Morgan fingerprint density at radius 1 is 1.04 bits per heavy atom. The minimum absolute atomic E-state index is 0.144. The van der Waals surface area contributed by atoms with Crippen molar-refractivity contribution in [3.63, 3.8) is 0 Å². The van der Waals surface area contributed by atoms with Crippen molar-refractivity contribution in [2.75, 3.05) is 0 Å². The molecule has 3 nitrogen and oxygen atoms in total. The van der Waals surface area contributed by atoms with Crippen molar-refractivity contribution in [1.29, 1.82) is 5.26 Å². The average molecular weight is 317 g/mol. The molecule has 0 aliphatic rings. The molecule has 2 aromatic carbocycles. The van der Waals surface area contributed by atoms with Crippen molar-refractivity contribution in [2.45, 2.75) is 45.6 Å². The second kappa shape index (κ2) is 6.49. The van der Waals surface area contributed by atoms with Gasteiger partial charge < -0.3 is 4.57 Å². The van der Waals surface area contributed by atoms with E-state index in [0.29, 0.717) is 6.42 Å². The van der Waals surface area contributed by atoms with Gasteiger partial charge in [-0.15, -0.1) is 0 Å². The predicted molar refractivity (Wildman–Crippen MR) is 98.7 cm³/mol. The molecule has 3 heteroatoms. The highest BCUT2D eigenvalue weighted by molar-refractivity contribution is 5.80. The Labute approximate surface area is 143 Å². The lowest BCUT2D eigenvalue weighted by molar-refractivity contribution is 0.590. The van der Waals surface area contributed by atoms with Gasteiger partial charge in [-0.25, -0.2) is 4.98 Å². The minimum atomic E-state index is 0.144. The molecule has 1 aromatic heterocycles. The van der Waals surface area contributed by atoms with Crippen LogP contribution in [0.5, 0.6) is 0 Å². The van der Waals surface area contributed by atoms with E-state index >= 15 is 0 Å². The minimum Gasteiger partial charge on any atom is -0.324 e. The van der Waals surface area contributed by atoms with Crippen molar-refractivity contribution >= 4 is 11.0 Å². The second-order valence-corrected chi connectivity index (χ2v) is 7.16. The largest absolute Gasteiger partial charge is 0.324 e. The van der Waals surface area contributed by atoms with E-state index in [1.165, 1.54) is 5.56 Å². The van der Waals surface area contributed by atoms with Crippen LogP contribution in [0.2, 0.25) is 0 Å². The van der Waals surface area contributed by atoms with Gasteiger partial charge in [-0.05, 0) is 29.5 Å². The van der Waals surface area contributed by atoms with Gasteiger partial charge >= 0.3 is 0 Å². The summed E-state index contributed by atoms with van der Waals surface area (Å²) < 4.78 is 2.23. The molecule has 0 aliphatic carbocycles. The maximum Gasteiger partial charge on any atom is 0.141 e. The highest BCUT2D eigenvalue weighted by Crippen LogP contribution is 2.28. The monoisotopic (exact) mass is 317 g/mol. The van der Waals surface area contributed by atoms with Crippen LogP contribution in [0.25, 0.3) is 22.4 Å². The van der Waals surface area contributed by atoms with Gasteiger partial charge in [-0.3, -0.25) is 0 Å². The third-order valence-electron chi connectivity index (χ3n) is 4.33. The fourth-order valence-electron chi connectivity index (χ4n) is 2.96. The molecule has 122 valence electrons. The number of hydrogen-bond acceptors (Lipinski definition) is 2. The molecule has 0 fully saturated rings. The molecule has 3 rings (SSSR count). The first-order valence-electron chi connectivity index (χ1n) is 8.44. The zero-order valence-corrected chi connectivity index (χ0v) is 14.6. The highest BCUT2D eigenvalue weighted by Gasteiger charge is 2.15. The number of aromatic nitrogens is 2. The van der Waals surface area contributed by atoms with Gasteiger partial charge in [0.25, 0.3) is 0 Å². The lowest BCUT2D eigenvalue weighted by atomic mass is 9.87. The van der Waals surface area contributed by atoms with Crippen LogP contribution in [0.1, 0.15) is 39.2 Å². The lowest BCUT2D eigenvalue weighted by Gasteiger charge is -2.19. The Morgan fingerprint density at radius 2 is 1.75 bits per heavy atom. The molecule has 0 aliphatic heterocycles. The summed E-state index contributed by atoms with van der Waals surface area (Å²) in [6.07, 6.45) is 1.40. The van der Waals surface area contributed by atoms with E-state index in [0.717, 1.165) is 35.4 Å². The number of para-hydroxylation sites is 2. The molecule has 24 heavy (non-hydrogen) atoms. The highest BCUT2D eigenvalue weighted by atomic mass is 15.1. The Morgan fingerprint density at radius 3 is 2.42 bits per heavy atom. The number of nitriles is 1. The Bertz CT molecular complexity index is 874. The quantitative estimate of drug-likeness (QED) is 0.612. The molecule has 0 spiro atoms. The Kier molecular flexibility index (Phi) is 4.40. The lowest BCUT2D eigenvalue weighted by Crippen LogP contribution is -2.10. The summed E-state index contributed by atoms with van der Waals surface area (Å²) in [5, 5.41) is 8.83. The van der Waals surface area contributed by atoms with Crippen LogP contribution in [-0.2, 0) is 12.0 Å². The molecule has 1 heterocycles. The molecule has 0 amide bonds. The molecule has 0 saturated carbocycles. The molecule has 0 N–H and O–H groups in total. The van der Waals surface area contributed by atoms with Gasteiger partial charge in [0.1, 0.15) is 5.82 Å². The first kappa shape index (κ1) is 16.3. The van der Waals surface area contributed by atoms with Crippen molar-refractivity contribution in [1.82, 2.24) is 9.55 Å². The van der Waals surface area contributed by atoms with Crippen LogP contribution < -0.4 is 0 Å². The maximum atomic E-state index is 8.83. The second-order valence-electron chi connectivity index (χ2n) is 7.16. The molecule has 0 bridgehead atoms. The average Bonchev–Trinajstić information content (AvgIpc) is 2.93. The van der Waals surface area contributed by atoms with Crippen LogP contribution in [0.4, 0.5) is 0 Å². The van der Waals surface area contributed by atoms with E-state index in [1.54, 1.807) is 0 Å². The predicted octanol–water partition coefficient (Wildman–Crippen LogP) is 5.30. The zero-order valence-electron chi connectivity index (χ0n) is 14.6. The molecular weight excluding hydrogens is 294 g/mol. The van der Waals surface area contributed by atoms with E-state index in [2.05, 4.69) is 61.7 Å². The van der Waals surface area contributed by atoms with E-state index in [9.17, 15) is 0 Å². The summed E-state index contributed by atoms with van der Waals surface area (Å²) in [6.45, 7) is 7.47. The van der Waals surface area contributed by atoms with E-state index in [1.807, 2.05) is 18.2 Å². The summed E-state index contributed by atoms with van der Waals surface area (Å²) in [5.74, 6) is 0.981. The Hall–Kier alpha value is -2.60. The number of hydrogen-bond donors (Lipinski definition) is 0. The number of imidazole rings is 1. The number of unbranched alkanes of at least 4 members (excludes halogenated alkanes) is 1. The molecule has 0 unspecified atom stereocenters. The summed E-state index contributed by atoms with van der Waals surface area (Å²) >= 11 is 0. The summed E-state index contributed by atoms with van der Waals surface area (Å²) in [5.41, 5.74) is 4.72. The van der Waals surface area contributed by atoms with Gasteiger partial charge in [0.15, 0.2) is 0 Å². The fraction of sp³-hybridized carbons (Fsp3) is 0.333. The standard InChI is InChI=1S/C21H23N3/c1-21(2,3)17-12-10-16(11-13-17)20-23-18-8-4-5-9-19(18)24(20)15-7-6-14-22/h4-5,8-13H,6-7,15H2,1-3H3. The van der Waals surface area contributed by atoms with Crippen LogP contribution in [-0.4, -0.2) is 9.55 Å². The van der Waals surface area contributed by atoms with E-state index in [4.69, 9.17) is 10.2 Å². The van der Waals surface area contributed by atoms with Crippen molar-refractivity contribution in [2.24, 2.45) is 0 Å². The fourth-order valence-corrected chi connectivity index (χ4v) is 2.96. The van der Waals surface area contributed by atoms with E-state index in [-0.39, 0.29) is 5.41 Å². The summed E-state index contributed by atoms with van der Waals surface area (Å²) in [6, 6.07) is 19.1. The number of benzene rings is 2. The van der Waals surface area contributed by atoms with Crippen LogP contribution >= 0.6 is 0 Å². The van der Waals surface area contributed by atoms with Gasteiger partial charge in [-0.1, -0.05) is 57.2 Å². The smallest absolute Gasteiger partial charge is 0.141 e. The van der Waals surface area contributed by atoms with E-state index < -0.39 is 0 Å². The number of fused-ring (bicyclic) bond motifs is 1. The first-order valence-corrected chi connectivity index (χ1v) is 8.44. The van der Waals surface area contributed by atoms with Crippen LogP contribution in [0.15, 0.2) is 48.5 Å². The number of nitrogens with zero attached hydrogens (tertiary/aromatic N) is 3. The summed E-state index contributed by atoms with van der Waals surface area (Å²) in [4.78, 5) is 4.83. The van der Waals surface area contributed by atoms with Gasteiger partial charge in [0.2, 0.25) is 0 Å². The summed E-state index contributed by atoms with van der Waals surface area (Å²) in [7, 11) is 0. The topological polar surface area (TPSA) is 41.6 Å². The van der Waals surface area contributed by atoms with Gasteiger partial charge in [-0.2, -0.15) is 5.26 Å². The molecular formula is C21H23N3. The van der Waals surface area contributed by atoms with Crippen molar-refractivity contribution in [3.05, 3.63) is 54.1 Å². The van der Waals surface area contributed by atoms with Crippen molar-refractivity contribution < 1.29 is 0 Å². The molecule has 0 saturated heterocycles. The zero-order chi connectivity index (χ0) is 17.2. The normalized spacial score (nSPS) is 11.6. The molecule has 0 atom stereocenters. The third-order valence-corrected chi connectivity index (χ3v) is 4.33. The molecule has 0 radical (unpaired) electrons. The molecule has 3 aromatic rings. The SMILES string of the molecule is CC(C)(C)c1ccc(-c2nc3ccccc3n2CCCC#N)cc1. The Balaban J connectivity index is 2.04. The number of aryl methyl sites for hydroxylation is 1. The van der Waals surface area contributed by atoms with Gasteiger partial charge in [0.05, 0.1) is 17.1 Å². The third kappa shape index (κ3) is 3.19. The van der Waals surface area contributed by atoms with Crippen molar-refractivity contribution in [3.8, 4) is 17.5 Å². The van der Waals surface area contributed by atoms with Gasteiger partial charge in [0, 0.05) is 18.5 Å². The number of rotatable bonds is 4. The maximum absolute atomic E-state index is 8.83. The van der Waals surface area contributed by atoms with Crippen LogP contribution in [0.3, 0.4) is 0 Å². The van der Waals surface area contributed by atoms with Crippen LogP contribution in [0, 0.1) is 11.3 Å².